The van der Waals surface area contributed by atoms with E-state index in [2.05, 4.69) is 10.6 Å². The van der Waals surface area contributed by atoms with Crippen molar-refractivity contribution in [2.75, 3.05) is 38.3 Å². The van der Waals surface area contributed by atoms with E-state index in [9.17, 15) is 23.1 Å². The first-order chi connectivity index (χ1) is 14.8. The van der Waals surface area contributed by atoms with Crippen molar-refractivity contribution in [1.82, 2.24) is 14.5 Å². The normalized spacial score (nSPS) is 20.3. The Kier molecular flexibility index (Phi) is 8.49. The van der Waals surface area contributed by atoms with Crippen molar-refractivity contribution < 1.29 is 27.9 Å². The first-order valence-electron chi connectivity index (χ1n) is 10.5. The van der Waals surface area contributed by atoms with Gasteiger partial charge in [0.2, 0.25) is 10.0 Å². The van der Waals surface area contributed by atoms with Crippen LogP contribution in [0.15, 0.2) is 18.2 Å². The number of hydrogen-bond acceptors (Lipinski definition) is 6. The van der Waals surface area contributed by atoms with Crippen molar-refractivity contribution in [3.8, 4) is 5.75 Å². The molecule has 0 aliphatic carbocycles. The molecule has 1 aromatic carbocycles. The van der Waals surface area contributed by atoms with Crippen LogP contribution in [0.1, 0.15) is 38.1 Å². The summed E-state index contributed by atoms with van der Waals surface area (Å²) >= 11 is 0. The highest BCUT2D eigenvalue weighted by Crippen LogP contribution is 2.30. The van der Waals surface area contributed by atoms with Crippen molar-refractivity contribution in [2.24, 2.45) is 5.92 Å². The van der Waals surface area contributed by atoms with Crippen LogP contribution in [0.5, 0.6) is 5.75 Å². The summed E-state index contributed by atoms with van der Waals surface area (Å²) in [4.78, 5) is 27.0. The molecular formula is C21H34N4O6S. The highest BCUT2D eigenvalue weighted by molar-refractivity contribution is 7.88. The predicted octanol–water partition coefficient (Wildman–Crippen LogP) is 1.33. The van der Waals surface area contributed by atoms with E-state index < -0.39 is 28.2 Å². The van der Waals surface area contributed by atoms with Gasteiger partial charge in [-0.2, -0.15) is 0 Å². The quantitative estimate of drug-likeness (QED) is 0.552. The average Bonchev–Trinajstić information content (AvgIpc) is 2.69. The molecule has 0 saturated carbocycles. The Bertz CT molecular complexity index is 936. The van der Waals surface area contributed by atoms with E-state index in [1.807, 2.05) is 20.8 Å². The Morgan fingerprint density at radius 3 is 2.56 bits per heavy atom. The lowest BCUT2D eigenvalue weighted by atomic mass is 9.99. The third kappa shape index (κ3) is 6.57. The standard InChI is InChI=1S/C21H34N4O6S/c1-13(2)22-21(28)23-16-7-8-18-17(9-16)20(27)25(15(4)12-26)10-14(3)19(31-18)11-24(5)32(6,29)30/h7-9,13-15,19,26H,10-12H2,1-6H3,(H2,22,23,28)/t14-,15+,19-/m1/s1. The molecule has 11 heteroatoms. The molecule has 2 rings (SSSR count). The number of rotatable bonds is 7. The summed E-state index contributed by atoms with van der Waals surface area (Å²) in [5.74, 6) is -0.255. The van der Waals surface area contributed by atoms with Gasteiger partial charge in [-0.3, -0.25) is 4.79 Å². The number of sulfonamides is 1. The lowest BCUT2D eigenvalue weighted by Gasteiger charge is -2.38. The number of aliphatic hydroxyl groups excluding tert-OH is 1. The van der Waals surface area contributed by atoms with E-state index in [0.29, 0.717) is 11.4 Å². The van der Waals surface area contributed by atoms with Crippen LogP contribution in [0.25, 0.3) is 0 Å². The molecule has 0 saturated heterocycles. The van der Waals surface area contributed by atoms with Crippen LogP contribution in [0, 0.1) is 5.92 Å². The molecule has 3 atom stereocenters. The first kappa shape index (κ1) is 25.9. The van der Waals surface area contributed by atoms with Gasteiger partial charge in [-0.1, -0.05) is 6.92 Å². The van der Waals surface area contributed by atoms with Gasteiger partial charge in [0.25, 0.3) is 5.91 Å². The summed E-state index contributed by atoms with van der Waals surface area (Å²) in [6.07, 6.45) is 0.594. The van der Waals surface area contributed by atoms with Crippen LogP contribution in [0.4, 0.5) is 10.5 Å². The number of urea groups is 1. The van der Waals surface area contributed by atoms with Gasteiger partial charge in [0.1, 0.15) is 11.9 Å². The van der Waals surface area contributed by atoms with Gasteiger partial charge in [0.05, 0.1) is 31.0 Å². The SMILES string of the molecule is CC(C)NC(=O)Nc1ccc2c(c1)C(=O)N([C@@H](C)CO)C[C@@H](C)[C@@H](CN(C)S(C)(=O)=O)O2. The first-order valence-corrected chi connectivity index (χ1v) is 12.4. The number of nitrogens with one attached hydrogen (secondary N) is 2. The molecule has 0 fully saturated rings. The Labute approximate surface area is 190 Å². The smallest absolute Gasteiger partial charge is 0.319 e. The highest BCUT2D eigenvalue weighted by atomic mass is 32.2. The van der Waals surface area contributed by atoms with E-state index in [4.69, 9.17) is 4.74 Å². The number of anilines is 1. The molecule has 0 unspecified atom stereocenters. The number of carbonyl (C=O) groups is 2. The molecule has 1 aromatic rings. The predicted molar refractivity (Wildman–Crippen MR) is 122 cm³/mol. The molecule has 1 aliphatic heterocycles. The van der Waals surface area contributed by atoms with E-state index in [-0.39, 0.29) is 43.1 Å². The van der Waals surface area contributed by atoms with E-state index in [1.165, 1.54) is 17.4 Å². The van der Waals surface area contributed by atoms with Gasteiger partial charge >= 0.3 is 6.03 Å². The van der Waals surface area contributed by atoms with E-state index in [1.54, 1.807) is 24.0 Å². The maximum absolute atomic E-state index is 13.3. The minimum absolute atomic E-state index is 0.0562. The summed E-state index contributed by atoms with van der Waals surface area (Å²) in [6.45, 7) is 7.43. The van der Waals surface area contributed by atoms with E-state index in [0.717, 1.165) is 6.26 Å². The monoisotopic (exact) mass is 470 g/mol. The number of ether oxygens (including phenoxy) is 1. The third-order valence-corrected chi connectivity index (χ3v) is 6.63. The second-order valence-electron chi connectivity index (χ2n) is 8.63. The number of nitrogens with zero attached hydrogens (tertiary/aromatic N) is 2. The maximum Gasteiger partial charge on any atom is 0.319 e. The van der Waals surface area contributed by atoms with Gasteiger partial charge in [0.15, 0.2) is 0 Å². The molecule has 0 spiro atoms. The summed E-state index contributed by atoms with van der Waals surface area (Å²) in [5, 5.41) is 15.1. The second-order valence-corrected chi connectivity index (χ2v) is 10.7. The lowest BCUT2D eigenvalue weighted by molar-refractivity contribution is 0.0387. The van der Waals surface area contributed by atoms with Crippen molar-refractivity contribution in [1.29, 1.82) is 0 Å². The fourth-order valence-electron chi connectivity index (χ4n) is 3.34. The van der Waals surface area contributed by atoms with Gasteiger partial charge in [-0.05, 0) is 39.0 Å². The molecule has 3 amide bonds. The number of benzene rings is 1. The minimum Gasteiger partial charge on any atom is -0.488 e. The molecule has 10 nitrogen and oxygen atoms in total. The minimum atomic E-state index is -3.42. The number of amides is 3. The van der Waals surface area contributed by atoms with Gasteiger partial charge < -0.3 is 25.4 Å². The number of hydrogen-bond donors (Lipinski definition) is 3. The number of carbonyl (C=O) groups excluding carboxylic acids is 2. The number of likely N-dealkylation sites (N-methyl/N-ethyl adjacent to an activating group) is 1. The Hall–Kier alpha value is -2.37. The number of aliphatic hydroxyl groups is 1. The highest BCUT2D eigenvalue weighted by Gasteiger charge is 2.34. The van der Waals surface area contributed by atoms with Crippen molar-refractivity contribution in [3.05, 3.63) is 23.8 Å². The Balaban J connectivity index is 2.44. The molecule has 32 heavy (non-hydrogen) atoms. The molecule has 180 valence electrons. The van der Waals surface area contributed by atoms with Crippen molar-refractivity contribution in [3.63, 3.8) is 0 Å². The van der Waals surface area contributed by atoms with Crippen LogP contribution in [-0.4, -0.2) is 85.9 Å². The zero-order chi connectivity index (χ0) is 24.2. The zero-order valence-corrected chi connectivity index (χ0v) is 20.3. The Morgan fingerprint density at radius 1 is 1.34 bits per heavy atom. The Morgan fingerprint density at radius 2 is 2.00 bits per heavy atom. The molecule has 3 N–H and O–H groups in total. The summed E-state index contributed by atoms with van der Waals surface area (Å²) < 4.78 is 31.2. The lowest BCUT2D eigenvalue weighted by Crippen LogP contribution is -2.50. The van der Waals surface area contributed by atoms with Crippen LogP contribution >= 0.6 is 0 Å². The molecule has 0 aromatic heterocycles. The topological polar surface area (TPSA) is 128 Å². The van der Waals surface area contributed by atoms with E-state index >= 15 is 0 Å². The van der Waals surface area contributed by atoms with Gasteiger partial charge in [-0.15, -0.1) is 0 Å². The van der Waals surface area contributed by atoms with Crippen molar-refractivity contribution >= 4 is 27.6 Å². The molecular weight excluding hydrogens is 436 g/mol. The van der Waals surface area contributed by atoms with Gasteiger partial charge in [-0.25, -0.2) is 17.5 Å². The largest absolute Gasteiger partial charge is 0.488 e. The molecule has 0 bridgehead atoms. The summed E-state index contributed by atoms with van der Waals surface area (Å²) in [6, 6.07) is 3.83. The second kappa shape index (κ2) is 10.5. The average molecular weight is 471 g/mol. The number of fused-ring (bicyclic) bond motifs is 1. The van der Waals surface area contributed by atoms with Crippen LogP contribution in [0.2, 0.25) is 0 Å². The maximum atomic E-state index is 13.3. The van der Waals surface area contributed by atoms with Gasteiger partial charge in [0, 0.05) is 31.2 Å². The van der Waals surface area contributed by atoms with Crippen molar-refractivity contribution in [2.45, 2.75) is 45.9 Å². The summed E-state index contributed by atoms with van der Waals surface area (Å²) in [7, 11) is -1.94. The van der Waals surface area contributed by atoms with Crippen LogP contribution in [-0.2, 0) is 10.0 Å². The molecule has 0 radical (unpaired) electrons. The fraction of sp³-hybridized carbons (Fsp3) is 0.619. The summed E-state index contributed by atoms with van der Waals surface area (Å²) in [5.41, 5.74) is 0.639. The fourth-order valence-corrected chi connectivity index (χ4v) is 3.75. The van der Waals surface area contributed by atoms with Crippen LogP contribution < -0.4 is 15.4 Å². The molecule has 1 heterocycles. The molecule has 1 aliphatic rings. The zero-order valence-electron chi connectivity index (χ0n) is 19.5. The third-order valence-electron chi connectivity index (χ3n) is 5.35. The van der Waals surface area contributed by atoms with Crippen LogP contribution in [0.3, 0.4) is 0 Å².